The van der Waals surface area contributed by atoms with Crippen LogP contribution in [-0.2, 0) is 4.79 Å². The van der Waals surface area contributed by atoms with Gasteiger partial charge in [-0.05, 0) is 44.0 Å². The molecule has 1 heterocycles. The maximum absolute atomic E-state index is 12.0. The Balaban J connectivity index is 2.11. The molecule has 0 aliphatic carbocycles. The van der Waals surface area contributed by atoms with Gasteiger partial charge in [-0.15, -0.1) is 11.8 Å². The van der Waals surface area contributed by atoms with E-state index >= 15 is 0 Å². The highest BCUT2D eigenvalue weighted by Gasteiger charge is 2.24. The van der Waals surface area contributed by atoms with Gasteiger partial charge in [-0.2, -0.15) is 0 Å². The van der Waals surface area contributed by atoms with Crippen molar-refractivity contribution in [3.05, 3.63) is 28.8 Å². The van der Waals surface area contributed by atoms with Gasteiger partial charge in [0, 0.05) is 27.6 Å². The van der Waals surface area contributed by atoms with Crippen LogP contribution < -0.4 is 11.1 Å². The smallest absolute Gasteiger partial charge is 0.222 e. The Kier molecular flexibility index (Phi) is 4.43. The van der Waals surface area contributed by atoms with E-state index in [1.165, 1.54) is 4.90 Å². The number of hydrogen-bond donors (Lipinski definition) is 2. The fourth-order valence-corrected chi connectivity index (χ4v) is 3.46. The summed E-state index contributed by atoms with van der Waals surface area (Å²) in [4.78, 5) is 13.2. The fraction of sp³-hybridized carbons (Fsp3) is 0.500. The van der Waals surface area contributed by atoms with Crippen LogP contribution >= 0.6 is 23.4 Å². The van der Waals surface area contributed by atoms with Crippen molar-refractivity contribution in [1.82, 2.24) is 5.32 Å². The van der Waals surface area contributed by atoms with Crippen molar-refractivity contribution in [2.24, 2.45) is 5.73 Å². The lowest BCUT2D eigenvalue weighted by Gasteiger charge is -2.27. The minimum absolute atomic E-state index is 0.00433. The normalized spacial score (nSPS) is 18.8. The van der Waals surface area contributed by atoms with Gasteiger partial charge < -0.3 is 11.1 Å². The Bertz CT molecular complexity index is 485. The minimum Gasteiger partial charge on any atom is -0.349 e. The highest BCUT2D eigenvalue weighted by atomic mass is 35.5. The van der Waals surface area contributed by atoms with E-state index in [9.17, 15) is 4.79 Å². The zero-order chi connectivity index (χ0) is 14.0. The number of halogens is 1. The summed E-state index contributed by atoms with van der Waals surface area (Å²) < 4.78 is 0. The molecule has 104 valence electrons. The number of amides is 1. The van der Waals surface area contributed by atoms with E-state index in [0.717, 1.165) is 17.7 Å². The average Bonchev–Trinajstić information content (AvgIpc) is 2.27. The Morgan fingerprint density at radius 1 is 1.58 bits per heavy atom. The van der Waals surface area contributed by atoms with E-state index in [2.05, 4.69) is 5.32 Å². The zero-order valence-corrected chi connectivity index (χ0v) is 12.8. The molecular weight excluding hydrogens is 280 g/mol. The maximum atomic E-state index is 12.0. The lowest BCUT2D eigenvalue weighted by Crippen LogP contribution is -2.40. The molecule has 3 nitrogen and oxygen atoms in total. The topological polar surface area (TPSA) is 55.1 Å². The third-order valence-corrected chi connectivity index (χ3v) is 4.32. The highest BCUT2D eigenvalue weighted by Crippen LogP contribution is 2.37. The summed E-state index contributed by atoms with van der Waals surface area (Å²) in [6, 6.07) is 5.90. The van der Waals surface area contributed by atoms with Crippen LogP contribution in [0.4, 0.5) is 0 Å². The fourth-order valence-electron chi connectivity index (χ4n) is 2.17. The van der Waals surface area contributed by atoms with Gasteiger partial charge >= 0.3 is 0 Å². The summed E-state index contributed by atoms with van der Waals surface area (Å²) in [6.07, 6.45) is 1.25. The molecule has 1 aromatic rings. The Morgan fingerprint density at radius 3 is 3.00 bits per heavy atom. The van der Waals surface area contributed by atoms with Crippen LogP contribution in [0.2, 0.25) is 5.02 Å². The van der Waals surface area contributed by atoms with Gasteiger partial charge in [-0.25, -0.2) is 0 Å². The van der Waals surface area contributed by atoms with Gasteiger partial charge in [0.05, 0.1) is 6.04 Å². The molecule has 1 atom stereocenters. The summed E-state index contributed by atoms with van der Waals surface area (Å²) in [7, 11) is 0. The van der Waals surface area contributed by atoms with Crippen molar-refractivity contribution in [3.63, 3.8) is 0 Å². The van der Waals surface area contributed by atoms with Gasteiger partial charge in [0.25, 0.3) is 0 Å². The first kappa shape index (κ1) is 14.7. The number of benzene rings is 1. The van der Waals surface area contributed by atoms with Gasteiger partial charge in [0.1, 0.15) is 0 Å². The van der Waals surface area contributed by atoms with E-state index < -0.39 is 5.54 Å². The lowest BCUT2D eigenvalue weighted by atomic mass is 10.00. The van der Waals surface area contributed by atoms with Crippen LogP contribution in [0.15, 0.2) is 23.1 Å². The van der Waals surface area contributed by atoms with Crippen molar-refractivity contribution in [3.8, 4) is 0 Å². The first-order valence-corrected chi connectivity index (χ1v) is 7.72. The second-order valence-electron chi connectivity index (χ2n) is 5.60. The molecule has 19 heavy (non-hydrogen) atoms. The zero-order valence-electron chi connectivity index (χ0n) is 11.2. The first-order chi connectivity index (χ1) is 8.85. The van der Waals surface area contributed by atoms with E-state index in [1.807, 2.05) is 32.0 Å². The number of fused-ring (bicyclic) bond motifs is 1. The summed E-state index contributed by atoms with van der Waals surface area (Å²) >= 11 is 7.85. The molecule has 1 amide bonds. The van der Waals surface area contributed by atoms with Gasteiger partial charge in [-0.1, -0.05) is 11.6 Å². The van der Waals surface area contributed by atoms with Crippen molar-refractivity contribution >= 4 is 29.3 Å². The molecule has 3 N–H and O–H groups in total. The third kappa shape index (κ3) is 4.13. The summed E-state index contributed by atoms with van der Waals surface area (Å²) in [5.41, 5.74) is 6.51. The van der Waals surface area contributed by atoms with Gasteiger partial charge in [0.2, 0.25) is 5.91 Å². The lowest BCUT2D eigenvalue weighted by molar-refractivity contribution is -0.122. The first-order valence-electron chi connectivity index (χ1n) is 6.36. The van der Waals surface area contributed by atoms with Crippen LogP contribution in [-0.4, -0.2) is 17.2 Å². The van der Waals surface area contributed by atoms with Crippen LogP contribution in [0.3, 0.4) is 0 Å². The van der Waals surface area contributed by atoms with E-state index in [4.69, 9.17) is 17.3 Å². The number of nitrogens with one attached hydrogen (secondary N) is 1. The predicted molar refractivity (Wildman–Crippen MR) is 80.6 cm³/mol. The number of carbonyl (C=O) groups is 1. The molecule has 0 spiro atoms. The number of hydrogen-bond acceptors (Lipinski definition) is 3. The Hall–Kier alpha value is -0.710. The van der Waals surface area contributed by atoms with Crippen LogP contribution in [0.1, 0.15) is 38.3 Å². The van der Waals surface area contributed by atoms with Crippen molar-refractivity contribution in [2.45, 2.75) is 43.2 Å². The Labute approximate surface area is 123 Å². The molecule has 0 saturated heterocycles. The largest absolute Gasteiger partial charge is 0.349 e. The second kappa shape index (κ2) is 5.73. The third-order valence-electron chi connectivity index (χ3n) is 2.96. The standard InChI is InChI=1S/C14H19ClN2OS/c1-14(2,16)8-13(18)17-11-5-6-19-12-4-3-9(15)7-10(11)12/h3-4,7,11H,5-6,8,16H2,1-2H3,(H,17,18). The monoisotopic (exact) mass is 298 g/mol. The quantitative estimate of drug-likeness (QED) is 0.901. The maximum Gasteiger partial charge on any atom is 0.222 e. The molecule has 1 aliphatic heterocycles. The van der Waals surface area contributed by atoms with Crippen molar-refractivity contribution in [1.29, 1.82) is 0 Å². The van der Waals surface area contributed by atoms with E-state index in [-0.39, 0.29) is 11.9 Å². The number of carbonyl (C=O) groups excluding carboxylic acids is 1. The summed E-state index contributed by atoms with van der Waals surface area (Å²) in [5, 5.41) is 3.78. The molecule has 0 radical (unpaired) electrons. The highest BCUT2D eigenvalue weighted by molar-refractivity contribution is 7.99. The van der Waals surface area contributed by atoms with Crippen LogP contribution in [0.25, 0.3) is 0 Å². The SMILES string of the molecule is CC(C)(N)CC(=O)NC1CCSc2ccc(Cl)cc21. The molecule has 0 aromatic heterocycles. The molecule has 1 unspecified atom stereocenters. The van der Waals surface area contributed by atoms with Crippen LogP contribution in [0.5, 0.6) is 0 Å². The molecule has 1 aliphatic rings. The molecular formula is C14H19ClN2OS. The number of thioether (sulfide) groups is 1. The minimum atomic E-state index is -0.481. The van der Waals surface area contributed by atoms with Crippen molar-refractivity contribution < 1.29 is 4.79 Å². The molecule has 5 heteroatoms. The predicted octanol–water partition coefficient (Wildman–Crippen LogP) is 3.12. The second-order valence-corrected chi connectivity index (χ2v) is 7.18. The molecule has 0 fully saturated rings. The van der Waals surface area contributed by atoms with Gasteiger partial charge in [-0.3, -0.25) is 4.79 Å². The number of nitrogens with two attached hydrogens (primary N) is 1. The van der Waals surface area contributed by atoms with Crippen LogP contribution in [0, 0.1) is 0 Å². The average molecular weight is 299 g/mol. The van der Waals surface area contributed by atoms with E-state index in [0.29, 0.717) is 11.4 Å². The Morgan fingerprint density at radius 2 is 2.32 bits per heavy atom. The summed E-state index contributed by atoms with van der Waals surface area (Å²) in [6.45, 7) is 3.71. The molecule has 1 aromatic carbocycles. The molecule has 0 saturated carbocycles. The number of rotatable bonds is 3. The van der Waals surface area contributed by atoms with E-state index in [1.54, 1.807) is 11.8 Å². The molecule has 0 bridgehead atoms. The molecule has 2 rings (SSSR count). The van der Waals surface area contributed by atoms with Gasteiger partial charge in [0.15, 0.2) is 0 Å². The summed E-state index contributed by atoms with van der Waals surface area (Å²) in [5.74, 6) is 1.00. The van der Waals surface area contributed by atoms with Crippen molar-refractivity contribution in [2.75, 3.05) is 5.75 Å².